The molecule has 3 amide bonds. The summed E-state index contributed by atoms with van der Waals surface area (Å²) in [6, 6.07) is 2.15. The van der Waals surface area contributed by atoms with E-state index in [1.807, 2.05) is 0 Å². The number of amides is 3. The van der Waals surface area contributed by atoms with Crippen LogP contribution in [0.2, 0.25) is 0 Å². The number of nitrogens with one attached hydrogen (secondary N) is 3. The predicted octanol–water partition coefficient (Wildman–Crippen LogP) is 1.49. The Morgan fingerprint density at radius 2 is 1.71 bits per heavy atom. The minimum Gasteiger partial charge on any atom is -0.376 e. The van der Waals surface area contributed by atoms with Crippen molar-refractivity contribution >= 4 is 23.3 Å². The lowest BCUT2D eigenvalue weighted by atomic mass is 10.1. The van der Waals surface area contributed by atoms with Crippen molar-refractivity contribution in [1.29, 1.82) is 0 Å². The Kier molecular flexibility index (Phi) is 6.41. The lowest BCUT2D eigenvalue weighted by Crippen LogP contribution is -2.47. The first-order valence-corrected chi connectivity index (χ1v) is 6.90. The van der Waals surface area contributed by atoms with E-state index in [0.29, 0.717) is 5.69 Å². The molecule has 0 fully saturated rings. The Bertz CT molecular complexity index is 603. The molecule has 0 saturated heterocycles. The van der Waals surface area contributed by atoms with E-state index in [9.17, 15) is 22.8 Å². The molecular weight excluding hydrogens is 327 g/mol. The highest BCUT2D eigenvalue weighted by Gasteiger charge is 2.31. The Balaban J connectivity index is 2.84. The van der Waals surface area contributed by atoms with Crippen LogP contribution in [-0.2, 0) is 11.0 Å². The number of alkyl halides is 3. The fraction of sp³-hybridized carbons (Fsp3) is 0.429. The number of halogens is 3. The minimum atomic E-state index is -4.53. The molecule has 0 aliphatic heterocycles. The first kappa shape index (κ1) is 19.6. The van der Waals surface area contributed by atoms with Gasteiger partial charge in [-0.3, -0.25) is 10.2 Å². The van der Waals surface area contributed by atoms with Crippen LogP contribution in [0, 0.1) is 0 Å². The zero-order valence-electron chi connectivity index (χ0n) is 13.8. The van der Waals surface area contributed by atoms with E-state index >= 15 is 0 Å². The summed E-state index contributed by atoms with van der Waals surface area (Å²) in [5.74, 6) is -0.466. The van der Waals surface area contributed by atoms with Gasteiger partial charge in [-0.1, -0.05) is 0 Å². The van der Waals surface area contributed by atoms with Crippen LogP contribution in [0.15, 0.2) is 18.2 Å². The minimum absolute atomic E-state index is 0.0332. The van der Waals surface area contributed by atoms with Crippen molar-refractivity contribution in [3.05, 3.63) is 23.8 Å². The molecule has 7 nitrogen and oxygen atoms in total. The van der Waals surface area contributed by atoms with Crippen LogP contribution in [0.25, 0.3) is 0 Å². The normalized spacial score (nSPS) is 11.2. The van der Waals surface area contributed by atoms with E-state index in [2.05, 4.69) is 16.2 Å². The Labute approximate surface area is 137 Å². The quantitative estimate of drug-likeness (QED) is 0.721. The maximum atomic E-state index is 12.8. The van der Waals surface area contributed by atoms with E-state index in [-0.39, 0.29) is 12.2 Å². The molecule has 134 valence electrons. The van der Waals surface area contributed by atoms with Gasteiger partial charge in [0.05, 0.1) is 23.5 Å². The maximum Gasteiger partial charge on any atom is 0.416 e. The molecular formula is C14H20F3N5O2. The van der Waals surface area contributed by atoms with Crippen LogP contribution in [0.3, 0.4) is 0 Å². The molecule has 0 radical (unpaired) electrons. The van der Waals surface area contributed by atoms with Gasteiger partial charge in [0.1, 0.15) is 0 Å². The standard InChI is InChI=1S/C14H20F3N5O2/c1-21(2)8-12(23)19-20-13(24)18-10-7-9(14(15,16)17)5-6-11(10)22(3)4/h5-7H,8H2,1-4H3,(H,19,23)(H2,18,20,24). The largest absolute Gasteiger partial charge is 0.416 e. The fourth-order valence-electron chi connectivity index (χ4n) is 1.81. The summed E-state index contributed by atoms with van der Waals surface area (Å²) in [5, 5.41) is 2.29. The van der Waals surface area contributed by atoms with Crippen molar-refractivity contribution in [2.24, 2.45) is 0 Å². The number of benzene rings is 1. The summed E-state index contributed by atoms with van der Waals surface area (Å²) in [4.78, 5) is 26.4. The SMILES string of the molecule is CN(C)CC(=O)NNC(=O)Nc1cc(C(F)(F)F)ccc1N(C)C. The molecule has 1 rings (SSSR count). The van der Waals surface area contributed by atoms with Gasteiger partial charge in [-0.25, -0.2) is 10.2 Å². The molecule has 0 spiro atoms. The molecule has 0 bridgehead atoms. The van der Waals surface area contributed by atoms with Crippen molar-refractivity contribution in [3.8, 4) is 0 Å². The molecule has 0 unspecified atom stereocenters. The number of hydrogen-bond donors (Lipinski definition) is 3. The average Bonchev–Trinajstić information content (AvgIpc) is 2.43. The van der Waals surface area contributed by atoms with Crippen molar-refractivity contribution in [2.45, 2.75) is 6.18 Å². The summed E-state index contributed by atoms with van der Waals surface area (Å²) in [5.41, 5.74) is 3.70. The third kappa shape index (κ3) is 5.95. The van der Waals surface area contributed by atoms with Crippen molar-refractivity contribution < 1.29 is 22.8 Å². The van der Waals surface area contributed by atoms with Crippen molar-refractivity contribution in [1.82, 2.24) is 15.8 Å². The van der Waals surface area contributed by atoms with E-state index in [0.717, 1.165) is 12.1 Å². The van der Waals surface area contributed by atoms with Crippen LogP contribution in [0.1, 0.15) is 5.56 Å². The van der Waals surface area contributed by atoms with Crippen molar-refractivity contribution in [2.75, 3.05) is 45.0 Å². The molecule has 0 saturated carbocycles. The van der Waals surface area contributed by atoms with Gasteiger partial charge in [-0.2, -0.15) is 13.2 Å². The van der Waals surface area contributed by atoms with Crippen LogP contribution < -0.4 is 21.1 Å². The van der Waals surface area contributed by atoms with Gasteiger partial charge in [0.25, 0.3) is 5.91 Å². The van der Waals surface area contributed by atoms with Gasteiger partial charge < -0.3 is 15.1 Å². The molecule has 0 atom stereocenters. The summed E-state index contributed by atoms with van der Waals surface area (Å²) in [6.07, 6.45) is -4.53. The topological polar surface area (TPSA) is 76.7 Å². The Morgan fingerprint density at radius 3 is 2.21 bits per heavy atom. The zero-order chi connectivity index (χ0) is 18.5. The van der Waals surface area contributed by atoms with E-state index in [4.69, 9.17) is 0 Å². The molecule has 24 heavy (non-hydrogen) atoms. The maximum absolute atomic E-state index is 12.8. The second-order valence-corrected chi connectivity index (χ2v) is 5.49. The number of carbonyl (C=O) groups is 2. The lowest BCUT2D eigenvalue weighted by molar-refractivity contribution is -0.137. The molecule has 1 aromatic carbocycles. The van der Waals surface area contributed by atoms with Crippen LogP contribution in [0.5, 0.6) is 0 Å². The van der Waals surface area contributed by atoms with E-state index < -0.39 is 23.7 Å². The van der Waals surface area contributed by atoms with Gasteiger partial charge >= 0.3 is 12.2 Å². The number of carbonyl (C=O) groups excluding carboxylic acids is 2. The molecule has 0 aliphatic rings. The Hall–Kier alpha value is -2.49. The molecule has 10 heteroatoms. The third-order valence-electron chi connectivity index (χ3n) is 2.83. The summed E-state index contributed by atoms with van der Waals surface area (Å²) < 4.78 is 38.4. The summed E-state index contributed by atoms with van der Waals surface area (Å²) in [6.45, 7) is 0.0484. The summed E-state index contributed by atoms with van der Waals surface area (Å²) in [7, 11) is 6.60. The zero-order valence-corrected chi connectivity index (χ0v) is 13.8. The second-order valence-electron chi connectivity index (χ2n) is 5.49. The molecule has 0 heterocycles. The van der Waals surface area contributed by atoms with Gasteiger partial charge in [-0.15, -0.1) is 0 Å². The van der Waals surface area contributed by atoms with Gasteiger partial charge in [0.2, 0.25) is 0 Å². The van der Waals surface area contributed by atoms with Crippen molar-refractivity contribution in [3.63, 3.8) is 0 Å². The smallest absolute Gasteiger partial charge is 0.376 e. The molecule has 0 aliphatic carbocycles. The number of anilines is 2. The average molecular weight is 347 g/mol. The van der Waals surface area contributed by atoms with E-state index in [1.165, 1.54) is 6.07 Å². The lowest BCUT2D eigenvalue weighted by Gasteiger charge is -2.20. The second kappa shape index (κ2) is 7.86. The highest BCUT2D eigenvalue weighted by Crippen LogP contribution is 2.34. The number of rotatable bonds is 4. The Morgan fingerprint density at radius 1 is 1.08 bits per heavy atom. The highest BCUT2D eigenvalue weighted by molar-refractivity contribution is 5.94. The van der Waals surface area contributed by atoms with Crippen LogP contribution in [-0.4, -0.2) is 51.6 Å². The third-order valence-corrected chi connectivity index (χ3v) is 2.83. The van der Waals surface area contributed by atoms with E-state index in [1.54, 1.807) is 38.0 Å². The number of hydrogen-bond acceptors (Lipinski definition) is 4. The van der Waals surface area contributed by atoms with Gasteiger partial charge in [-0.05, 0) is 32.3 Å². The predicted molar refractivity (Wildman–Crippen MR) is 84.6 cm³/mol. The number of likely N-dealkylation sites (N-methyl/N-ethyl adjacent to an activating group) is 1. The fourth-order valence-corrected chi connectivity index (χ4v) is 1.81. The number of nitrogens with zero attached hydrogens (tertiary/aromatic N) is 2. The first-order chi connectivity index (χ1) is 11.0. The first-order valence-electron chi connectivity index (χ1n) is 6.90. The van der Waals surface area contributed by atoms with Gasteiger partial charge in [0.15, 0.2) is 0 Å². The number of urea groups is 1. The van der Waals surface area contributed by atoms with Gasteiger partial charge in [0, 0.05) is 14.1 Å². The monoisotopic (exact) mass is 347 g/mol. The summed E-state index contributed by atoms with van der Waals surface area (Å²) >= 11 is 0. The highest BCUT2D eigenvalue weighted by atomic mass is 19.4. The number of hydrazine groups is 1. The van der Waals surface area contributed by atoms with Crippen LogP contribution in [0.4, 0.5) is 29.3 Å². The molecule has 3 N–H and O–H groups in total. The molecule has 0 aromatic heterocycles. The van der Waals surface area contributed by atoms with Crippen LogP contribution >= 0.6 is 0 Å². The molecule has 1 aromatic rings.